The zero-order chi connectivity index (χ0) is 11.6. The van der Waals surface area contributed by atoms with E-state index < -0.39 is 5.41 Å². The lowest BCUT2D eigenvalue weighted by Gasteiger charge is -2.45. The standard InChI is InChI=1S/C11H20N2O3/c12-8-11(1-3-16-4-2-11)10(15)13-5-9(6-13)7-14/h9,14H,1-8,12H2. The number of hydrogen-bond donors (Lipinski definition) is 2. The molecule has 0 radical (unpaired) electrons. The fourth-order valence-corrected chi connectivity index (χ4v) is 2.45. The Morgan fingerprint density at radius 3 is 2.56 bits per heavy atom. The molecule has 92 valence electrons. The monoisotopic (exact) mass is 228 g/mol. The van der Waals surface area contributed by atoms with Crippen LogP contribution in [0, 0.1) is 11.3 Å². The van der Waals surface area contributed by atoms with E-state index in [4.69, 9.17) is 15.6 Å². The first-order valence-electron chi connectivity index (χ1n) is 5.90. The summed E-state index contributed by atoms with van der Waals surface area (Å²) in [4.78, 5) is 14.1. The molecule has 0 aromatic heterocycles. The van der Waals surface area contributed by atoms with Gasteiger partial charge in [0.05, 0.1) is 5.41 Å². The number of carbonyl (C=O) groups is 1. The molecule has 16 heavy (non-hydrogen) atoms. The van der Waals surface area contributed by atoms with Crippen molar-refractivity contribution < 1.29 is 14.6 Å². The van der Waals surface area contributed by atoms with Crippen LogP contribution in [0.1, 0.15) is 12.8 Å². The lowest BCUT2D eigenvalue weighted by atomic mass is 9.77. The molecule has 1 amide bonds. The number of nitrogens with two attached hydrogens (primary N) is 1. The first kappa shape index (κ1) is 11.8. The van der Waals surface area contributed by atoms with Gasteiger partial charge in [0, 0.05) is 45.4 Å². The molecule has 0 bridgehead atoms. The highest BCUT2D eigenvalue weighted by Gasteiger charge is 2.44. The molecule has 0 spiro atoms. The molecule has 2 rings (SSSR count). The molecule has 2 aliphatic rings. The summed E-state index contributed by atoms with van der Waals surface area (Å²) >= 11 is 0. The van der Waals surface area contributed by atoms with Crippen LogP contribution in [0.15, 0.2) is 0 Å². The van der Waals surface area contributed by atoms with Crippen molar-refractivity contribution in [2.24, 2.45) is 17.1 Å². The van der Waals surface area contributed by atoms with E-state index >= 15 is 0 Å². The normalized spacial score (nSPS) is 25.2. The maximum absolute atomic E-state index is 12.3. The molecule has 5 heteroatoms. The van der Waals surface area contributed by atoms with Gasteiger partial charge in [-0.1, -0.05) is 0 Å². The van der Waals surface area contributed by atoms with Crippen LogP contribution in [0.25, 0.3) is 0 Å². The summed E-state index contributed by atoms with van der Waals surface area (Å²) in [6.07, 6.45) is 1.45. The van der Waals surface area contributed by atoms with Gasteiger partial charge in [-0.25, -0.2) is 0 Å². The number of ether oxygens (including phenoxy) is 1. The molecule has 0 aromatic rings. The highest BCUT2D eigenvalue weighted by Crippen LogP contribution is 2.33. The van der Waals surface area contributed by atoms with Gasteiger partial charge in [-0.05, 0) is 12.8 Å². The number of amides is 1. The van der Waals surface area contributed by atoms with Gasteiger partial charge in [-0.2, -0.15) is 0 Å². The molecule has 3 N–H and O–H groups in total. The zero-order valence-corrected chi connectivity index (χ0v) is 9.52. The average molecular weight is 228 g/mol. The highest BCUT2D eigenvalue weighted by atomic mass is 16.5. The second kappa shape index (κ2) is 4.69. The largest absolute Gasteiger partial charge is 0.396 e. The predicted octanol–water partition coefficient (Wildman–Crippen LogP) is -0.807. The Bertz CT molecular complexity index is 258. The molecule has 0 saturated carbocycles. The van der Waals surface area contributed by atoms with E-state index in [2.05, 4.69) is 0 Å². The van der Waals surface area contributed by atoms with Crippen molar-refractivity contribution in [3.05, 3.63) is 0 Å². The minimum Gasteiger partial charge on any atom is -0.396 e. The van der Waals surface area contributed by atoms with E-state index in [-0.39, 0.29) is 18.4 Å². The smallest absolute Gasteiger partial charge is 0.230 e. The Balaban J connectivity index is 1.96. The number of carbonyl (C=O) groups excluding carboxylic acids is 1. The lowest BCUT2D eigenvalue weighted by molar-refractivity contribution is -0.154. The van der Waals surface area contributed by atoms with E-state index in [1.165, 1.54) is 0 Å². The Labute approximate surface area is 95.5 Å². The Morgan fingerprint density at radius 1 is 1.44 bits per heavy atom. The van der Waals surface area contributed by atoms with Crippen molar-refractivity contribution in [2.75, 3.05) is 39.5 Å². The number of rotatable bonds is 3. The Morgan fingerprint density at radius 2 is 2.06 bits per heavy atom. The van der Waals surface area contributed by atoms with Gasteiger partial charge >= 0.3 is 0 Å². The molecule has 0 aromatic carbocycles. The summed E-state index contributed by atoms with van der Waals surface area (Å²) < 4.78 is 5.28. The van der Waals surface area contributed by atoms with Crippen LogP contribution in [0.4, 0.5) is 0 Å². The zero-order valence-electron chi connectivity index (χ0n) is 9.52. The molecule has 0 unspecified atom stereocenters. The summed E-state index contributed by atoms with van der Waals surface area (Å²) in [6, 6.07) is 0. The van der Waals surface area contributed by atoms with Gasteiger partial charge in [0.25, 0.3) is 0 Å². The maximum Gasteiger partial charge on any atom is 0.230 e. The van der Waals surface area contributed by atoms with Crippen molar-refractivity contribution in [3.63, 3.8) is 0 Å². The van der Waals surface area contributed by atoms with Crippen LogP contribution in [0.3, 0.4) is 0 Å². The van der Waals surface area contributed by atoms with Gasteiger partial charge < -0.3 is 20.5 Å². The molecular weight excluding hydrogens is 208 g/mol. The first-order chi connectivity index (χ1) is 7.72. The van der Waals surface area contributed by atoms with Gasteiger partial charge in [0.15, 0.2) is 0 Å². The number of likely N-dealkylation sites (tertiary alicyclic amines) is 1. The third kappa shape index (κ3) is 1.95. The molecule has 2 heterocycles. The molecule has 2 saturated heterocycles. The average Bonchev–Trinajstić information content (AvgIpc) is 2.28. The molecule has 0 aliphatic carbocycles. The number of nitrogens with zero attached hydrogens (tertiary/aromatic N) is 1. The molecule has 2 aliphatic heterocycles. The second-order valence-corrected chi connectivity index (χ2v) is 4.86. The minimum absolute atomic E-state index is 0.156. The van der Waals surface area contributed by atoms with Crippen molar-refractivity contribution in [2.45, 2.75) is 12.8 Å². The van der Waals surface area contributed by atoms with Crippen LogP contribution in [0.5, 0.6) is 0 Å². The number of hydrogen-bond acceptors (Lipinski definition) is 4. The summed E-state index contributed by atoms with van der Waals surface area (Å²) in [5.41, 5.74) is 5.37. The van der Waals surface area contributed by atoms with Crippen molar-refractivity contribution in [3.8, 4) is 0 Å². The molecule has 5 nitrogen and oxygen atoms in total. The highest BCUT2D eigenvalue weighted by molar-refractivity contribution is 5.83. The summed E-state index contributed by atoms with van der Waals surface area (Å²) in [5, 5.41) is 8.93. The van der Waals surface area contributed by atoms with Crippen LogP contribution >= 0.6 is 0 Å². The van der Waals surface area contributed by atoms with E-state index in [0.29, 0.717) is 32.8 Å². The van der Waals surface area contributed by atoms with Crippen LogP contribution in [0.2, 0.25) is 0 Å². The predicted molar refractivity (Wildman–Crippen MR) is 58.7 cm³/mol. The fourth-order valence-electron chi connectivity index (χ4n) is 2.45. The third-order valence-corrected chi connectivity index (χ3v) is 3.80. The lowest BCUT2D eigenvalue weighted by Crippen LogP contribution is -2.59. The maximum atomic E-state index is 12.3. The first-order valence-corrected chi connectivity index (χ1v) is 5.90. The summed E-state index contributed by atoms with van der Waals surface area (Å²) in [7, 11) is 0. The van der Waals surface area contributed by atoms with Crippen molar-refractivity contribution >= 4 is 5.91 Å². The van der Waals surface area contributed by atoms with Crippen LogP contribution in [-0.2, 0) is 9.53 Å². The third-order valence-electron chi connectivity index (χ3n) is 3.80. The quantitative estimate of drug-likeness (QED) is 0.662. The molecule has 2 fully saturated rings. The number of aliphatic hydroxyl groups excluding tert-OH is 1. The van der Waals surface area contributed by atoms with Gasteiger partial charge in [-0.3, -0.25) is 4.79 Å². The topological polar surface area (TPSA) is 75.8 Å². The fraction of sp³-hybridized carbons (Fsp3) is 0.909. The Hall–Kier alpha value is -0.650. The van der Waals surface area contributed by atoms with Crippen LogP contribution < -0.4 is 5.73 Å². The van der Waals surface area contributed by atoms with Crippen LogP contribution in [-0.4, -0.2) is 55.4 Å². The number of aliphatic hydroxyl groups is 1. The van der Waals surface area contributed by atoms with E-state index in [1.807, 2.05) is 4.90 Å². The summed E-state index contributed by atoms with van der Waals surface area (Å²) in [6.45, 7) is 3.17. The van der Waals surface area contributed by atoms with Gasteiger partial charge in [0.1, 0.15) is 0 Å². The van der Waals surface area contributed by atoms with Gasteiger partial charge in [-0.15, -0.1) is 0 Å². The SMILES string of the molecule is NCC1(C(=O)N2CC(CO)C2)CCOCC1. The molecule has 0 atom stereocenters. The van der Waals surface area contributed by atoms with Crippen molar-refractivity contribution in [1.82, 2.24) is 4.90 Å². The van der Waals surface area contributed by atoms with E-state index in [9.17, 15) is 4.79 Å². The molecular formula is C11H20N2O3. The van der Waals surface area contributed by atoms with Crippen molar-refractivity contribution in [1.29, 1.82) is 0 Å². The summed E-state index contributed by atoms with van der Waals surface area (Å²) in [5.74, 6) is 0.418. The van der Waals surface area contributed by atoms with E-state index in [0.717, 1.165) is 12.8 Å². The second-order valence-electron chi connectivity index (χ2n) is 4.86. The Kier molecular flexibility index (Phi) is 3.47. The minimum atomic E-state index is -0.404. The van der Waals surface area contributed by atoms with Gasteiger partial charge in [0.2, 0.25) is 5.91 Å². The van der Waals surface area contributed by atoms with E-state index in [1.54, 1.807) is 0 Å².